The highest BCUT2D eigenvalue weighted by atomic mass is 16.2. The van der Waals surface area contributed by atoms with Crippen LogP contribution in [0.25, 0.3) is 0 Å². The first kappa shape index (κ1) is 10.6. The van der Waals surface area contributed by atoms with Gasteiger partial charge in [-0.25, -0.2) is 0 Å². The van der Waals surface area contributed by atoms with E-state index in [4.69, 9.17) is 5.41 Å². The van der Waals surface area contributed by atoms with Crippen molar-refractivity contribution in [2.75, 3.05) is 0 Å². The molecular weight excluding hydrogens is 184 g/mol. The highest BCUT2D eigenvalue weighted by Gasteiger charge is 2.29. The van der Waals surface area contributed by atoms with Crippen LogP contribution < -0.4 is 5.32 Å². The van der Waals surface area contributed by atoms with E-state index in [0.717, 1.165) is 0 Å². The fraction of sp³-hybridized carbons (Fsp3) is 0.556. The summed E-state index contributed by atoms with van der Waals surface area (Å²) in [6.45, 7) is 1.61. The normalized spacial score (nSPS) is 19.5. The molecule has 5 heteroatoms. The summed E-state index contributed by atoms with van der Waals surface area (Å²) in [6.07, 6.45) is 0.553. The van der Waals surface area contributed by atoms with Crippen LogP contribution in [0, 0.1) is 5.41 Å². The monoisotopic (exact) mass is 196 g/mol. The van der Waals surface area contributed by atoms with Crippen molar-refractivity contribution in [2.24, 2.45) is 0 Å². The number of β-lactam (4-membered cyclic amide) rings is 1. The lowest BCUT2D eigenvalue weighted by Crippen LogP contribution is -2.50. The minimum atomic E-state index is -0.484. The van der Waals surface area contributed by atoms with Crippen LogP contribution in [0.15, 0.2) is 0 Å². The quantitative estimate of drug-likeness (QED) is 0.363. The van der Waals surface area contributed by atoms with Gasteiger partial charge in [0, 0.05) is 25.3 Å². The third kappa shape index (κ3) is 2.25. The zero-order chi connectivity index (χ0) is 10.7. The lowest BCUT2D eigenvalue weighted by atomic mass is 9.96. The van der Waals surface area contributed by atoms with Crippen molar-refractivity contribution in [1.82, 2.24) is 5.32 Å². The molecule has 0 aromatic rings. The molecule has 1 rings (SSSR count). The summed E-state index contributed by atoms with van der Waals surface area (Å²) in [4.78, 5) is 32.7. The SMILES string of the molecule is CCC(=O)C(=N)C(=O)CC1CC(=O)N1. The molecule has 1 amide bonds. The number of carbonyl (C=O) groups excluding carboxylic acids is 3. The van der Waals surface area contributed by atoms with E-state index >= 15 is 0 Å². The van der Waals surface area contributed by atoms with Gasteiger partial charge in [-0.05, 0) is 0 Å². The summed E-state index contributed by atoms with van der Waals surface area (Å²) in [6, 6.07) is -0.181. The third-order valence-electron chi connectivity index (χ3n) is 2.11. The summed E-state index contributed by atoms with van der Waals surface area (Å²) < 4.78 is 0. The second kappa shape index (κ2) is 4.13. The molecule has 0 radical (unpaired) electrons. The maximum atomic E-state index is 11.3. The van der Waals surface area contributed by atoms with Gasteiger partial charge >= 0.3 is 0 Å². The van der Waals surface area contributed by atoms with E-state index in [1.165, 1.54) is 0 Å². The maximum Gasteiger partial charge on any atom is 0.222 e. The van der Waals surface area contributed by atoms with Crippen LogP contribution in [0.2, 0.25) is 0 Å². The molecule has 0 aromatic heterocycles. The molecule has 14 heavy (non-hydrogen) atoms. The summed E-state index contributed by atoms with van der Waals surface area (Å²) in [5, 5.41) is 9.75. The fourth-order valence-corrected chi connectivity index (χ4v) is 1.21. The molecule has 5 nitrogen and oxygen atoms in total. The van der Waals surface area contributed by atoms with Crippen LogP contribution in [0.1, 0.15) is 26.2 Å². The number of hydrogen-bond donors (Lipinski definition) is 2. The minimum absolute atomic E-state index is 0.0658. The summed E-state index contributed by atoms with van der Waals surface area (Å²) in [5.41, 5.74) is -0.450. The first-order valence-electron chi connectivity index (χ1n) is 4.49. The number of carbonyl (C=O) groups is 3. The molecule has 1 aliphatic heterocycles. The van der Waals surface area contributed by atoms with Gasteiger partial charge in [-0.1, -0.05) is 6.92 Å². The van der Waals surface area contributed by atoms with Gasteiger partial charge in [-0.2, -0.15) is 0 Å². The van der Waals surface area contributed by atoms with Crippen molar-refractivity contribution in [3.8, 4) is 0 Å². The fourth-order valence-electron chi connectivity index (χ4n) is 1.21. The molecule has 1 heterocycles. The average molecular weight is 196 g/mol. The van der Waals surface area contributed by atoms with Gasteiger partial charge in [0.25, 0.3) is 0 Å². The Morgan fingerprint density at radius 2 is 2.07 bits per heavy atom. The molecule has 0 aliphatic carbocycles. The van der Waals surface area contributed by atoms with Crippen molar-refractivity contribution < 1.29 is 14.4 Å². The number of amides is 1. The first-order valence-corrected chi connectivity index (χ1v) is 4.49. The molecule has 0 bridgehead atoms. The van der Waals surface area contributed by atoms with E-state index in [-0.39, 0.29) is 24.8 Å². The highest BCUT2D eigenvalue weighted by molar-refractivity contribution is 6.65. The number of rotatable bonds is 5. The number of hydrogen-bond acceptors (Lipinski definition) is 4. The highest BCUT2D eigenvalue weighted by Crippen LogP contribution is 2.09. The van der Waals surface area contributed by atoms with Gasteiger partial charge in [0.1, 0.15) is 5.71 Å². The van der Waals surface area contributed by atoms with Crippen molar-refractivity contribution in [3.05, 3.63) is 0 Å². The van der Waals surface area contributed by atoms with Gasteiger partial charge in [-0.15, -0.1) is 0 Å². The Kier molecular flexibility index (Phi) is 3.11. The van der Waals surface area contributed by atoms with Crippen LogP contribution in [0.3, 0.4) is 0 Å². The first-order chi connectivity index (χ1) is 6.54. The zero-order valence-corrected chi connectivity index (χ0v) is 7.92. The zero-order valence-electron chi connectivity index (χ0n) is 7.92. The Morgan fingerprint density at radius 3 is 2.50 bits per heavy atom. The van der Waals surface area contributed by atoms with E-state index in [1.54, 1.807) is 6.92 Å². The van der Waals surface area contributed by atoms with E-state index in [2.05, 4.69) is 5.32 Å². The summed E-state index contributed by atoms with van der Waals surface area (Å²) in [5.74, 6) is -1.02. The molecular formula is C9H12N2O3. The maximum absolute atomic E-state index is 11.3. The standard InChI is InChI=1S/C9H12N2O3/c1-2-6(12)9(10)7(13)3-5-4-8(14)11-5/h5,10H,2-4H2,1H3,(H,11,14). The molecule has 76 valence electrons. The van der Waals surface area contributed by atoms with Gasteiger partial charge in [0.05, 0.1) is 0 Å². The molecule has 0 aromatic carbocycles. The second-order valence-electron chi connectivity index (χ2n) is 3.25. The third-order valence-corrected chi connectivity index (χ3v) is 2.11. The van der Waals surface area contributed by atoms with Crippen LogP contribution in [0.5, 0.6) is 0 Å². The summed E-state index contributed by atoms with van der Waals surface area (Å²) >= 11 is 0. The lowest BCUT2D eigenvalue weighted by Gasteiger charge is -2.25. The Bertz CT molecular complexity index is 301. The molecule has 1 saturated heterocycles. The predicted octanol–water partition coefficient (Wildman–Crippen LogP) is -0.167. The van der Waals surface area contributed by atoms with Gasteiger partial charge in [0.15, 0.2) is 11.6 Å². The van der Waals surface area contributed by atoms with Crippen LogP contribution in [0.4, 0.5) is 0 Å². The molecule has 1 unspecified atom stereocenters. The number of Topliss-reactive ketones (excluding diaryl/α,β-unsaturated/α-hetero) is 2. The van der Waals surface area contributed by atoms with Crippen molar-refractivity contribution in [2.45, 2.75) is 32.2 Å². The number of nitrogens with one attached hydrogen (secondary N) is 2. The van der Waals surface area contributed by atoms with E-state index in [0.29, 0.717) is 6.42 Å². The summed E-state index contributed by atoms with van der Waals surface area (Å²) in [7, 11) is 0. The topological polar surface area (TPSA) is 87.1 Å². The molecule has 1 aliphatic rings. The van der Waals surface area contributed by atoms with E-state index in [9.17, 15) is 14.4 Å². The molecule has 1 fully saturated rings. The Balaban J connectivity index is 2.38. The molecule has 0 spiro atoms. The van der Waals surface area contributed by atoms with Gasteiger partial charge < -0.3 is 5.32 Å². The Morgan fingerprint density at radius 1 is 1.50 bits per heavy atom. The largest absolute Gasteiger partial charge is 0.352 e. The van der Waals surface area contributed by atoms with Crippen molar-refractivity contribution >= 4 is 23.2 Å². The molecule has 0 saturated carbocycles. The van der Waals surface area contributed by atoms with E-state index < -0.39 is 17.3 Å². The smallest absolute Gasteiger partial charge is 0.222 e. The predicted molar refractivity (Wildman–Crippen MR) is 49.2 cm³/mol. The minimum Gasteiger partial charge on any atom is -0.352 e. The van der Waals surface area contributed by atoms with E-state index in [1.807, 2.05) is 0 Å². The Hall–Kier alpha value is -1.52. The van der Waals surface area contributed by atoms with Gasteiger partial charge in [0.2, 0.25) is 5.91 Å². The Labute approximate surface area is 81.4 Å². The lowest BCUT2D eigenvalue weighted by molar-refractivity contribution is -0.129. The molecule has 2 N–H and O–H groups in total. The van der Waals surface area contributed by atoms with Crippen LogP contribution in [-0.4, -0.2) is 29.2 Å². The van der Waals surface area contributed by atoms with Crippen molar-refractivity contribution in [1.29, 1.82) is 5.41 Å². The number of ketones is 2. The van der Waals surface area contributed by atoms with Crippen molar-refractivity contribution in [3.63, 3.8) is 0 Å². The van der Waals surface area contributed by atoms with Gasteiger partial charge in [-0.3, -0.25) is 19.8 Å². The van der Waals surface area contributed by atoms with Crippen LogP contribution in [-0.2, 0) is 14.4 Å². The average Bonchev–Trinajstić information content (AvgIpc) is 2.12. The van der Waals surface area contributed by atoms with Crippen LogP contribution >= 0.6 is 0 Å². The molecule has 1 atom stereocenters. The second-order valence-corrected chi connectivity index (χ2v) is 3.25.